The molecule has 3 heterocycles. The minimum atomic E-state index is -0.0710. The lowest BCUT2D eigenvalue weighted by molar-refractivity contribution is 0.200. The summed E-state index contributed by atoms with van der Waals surface area (Å²) in [4.78, 5) is 23.0. The van der Waals surface area contributed by atoms with Crippen LogP contribution >= 0.6 is 0 Å². The zero-order valence-corrected chi connectivity index (χ0v) is 13.0. The van der Waals surface area contributed by atoms with Crippen molar-refractivity contribution in [3.05, 3.63) is 42.1 Å². The minimum Gasteiger partial charge on any atom is -0.333 e. The van der Waals surface area contributed by atoms with Crippen LogP contribution in [0.4, 0.5) is 10.6 Å². The Kier molecular flexibility index (Phi) is 4.09. The summed E-state index contributed by atoms with van der Waals surface area (Å²) in [6.45, 7) is 5.47. The first-order chi connectivity index (χ1) is 10.6. The highest BCUT2D eigenvalue weighted by atomic mass is 16.2. The van der Waals surface area contributed by atoms with E-state index in [1.54, 1.807) is 6.20 Å². The Hall–Kier alpha value is -2.37. The maximum absolute atomic E-state index is 12.5. The molecule has 116 valence electrons. The summed E-state index contributed by atoms with van der Waals surface area (Å²) in [5.41, 5.74) is 0.893. The van der Waals surface area contributed by atoms with Crippen molar-refractivity contribution in [3.63, 3.8) is 0 Å². The van der Waals surface area contributed by atoms with Crippen molar-refractivity contribution in [1.82, 2.24) is 19.4 Å². The lowest BCUT2D eigenvalue weighted by atomic mass is 10.2. The number of imidazole rings is 1. The maximum atomic E-state index is 12.5. The Morgan fingerprint density at radius 2 is 2.27 bits per heavy atom. The molecular weight excluding hydrogens is 278 g/mol. The summed E-state index contributed by atoms with van der Waals surface area (Å²) < 4.78 is 2.10. The van der Waals surface area contributed by atoms with E-state index < -0.39 is 0 Å². The molecule has 0 unspecified atom stereocenters. The zero-order chi connectivity index (χ0) is 15.5. The number of nitrogens with one attached hydrogen (secondary N) is 1. The number of carbonyl (C=O) groups excluding carboxylic acids is 1. The van der Waals surface area contributed by atoms with Gasteiger partial charge in [0, 0.05) is 31.2 Å². The summed E-state index contributed by atoms with van der Waals surface area (Å²) in [6.07, 6.45) is 5.82. The van der Waals surface area contributed by atoms with Crippen LogP contribution in [-0.4, -0.2) is 38.1 Å². The molecule has 0 saturated carbocycles. The molecule has 2 aromatic heterocycles. The van der Waals surface area contributed by atoms with Crippen LogP contribution in [0.3, 0.4) is 0 Å². The van der Waals surface area contributed by atoms with E-state index in [9.17, 15) is 4.79 Å². The number of aromatic nitrogens is 3. The zero-order valence-electron chi connectivity index (χ0n) is 13.0. The average molecular weight is 299 g/mol. The highest BCUT2D eigenvalue weighted by Crippen LogP contribution is 2.20. The van der Waals surface area contributed by atoms with Crippen LogP contribution < -0.4 is 5.32 Å². The van der Waals surface area contributed by atoms with Gasteiger partial charge in [0.05, 0.1) is 6.04 Å². The molecule has 1 saturated heterocycles. The first-order valence-corrected chi connectivity index (χ1v) is 7.62. The van der Waals surface area contributed by atoms with Crippen molar-refractivity contribution in [1.29, 1.82) is 0 Å². The molecule has 22 heavy (non-hydrogen) atoms. The second-order valence-corrected chi connectivity index (χ2v) is 5.71. The number of rotatable bonds is 3. The van der Waals surface area contributed by atoms with Crippen molar-refractivity contribution < 1.29 is 4.79 Å². The molecule has 6 heteroatoms. The maximum Gasteiger partial charge on any atom is 0.323 e. The number of urea groups is 1. The van der Waals surface area contributed by atoms with Gasteiger partial charge in [0.2, 0.25) is 0 Å². The number of hydrogen-bond acceptors (Lipinski definition) is 3. The Labute approximate surface area is 130 Å². The third kappa shape index (κ3) is 3.10. The number of likely N-dealkylation sites (tertiary alicyclic amines) is 1. The number of pyridine rings is 1. The van der Waals surface area contributed by atoms with Crippen molar-refractivity contribution in [3.8, 4) is 0 Å². The largest absolute Gasteiger partial charge is 0.333 e. The molecule has 1 fully saturated rings. The van der Waals surface area contributed by atoms with Gasteiger partial charge in [-0.3, -0.25) is 5.32 Å². The Bertz CT molecular complexity index is 666. The van der Waals surface area contributed by atoms with E-state index in [1.807, 2.05) is 43.1 Å². The number of nitrogens with zero attached hydrogens (tertiary/aromatic N) is 4. The minimum absolute atomic E-state index is 0.0710. The van der Waals surface area contributed by atoms with E-state index in [1.165, 1.54) is 0 Å². The monoisotopic (exact) mass is 299 g/mol. The molecular formula is C16H21N5O. The third-order valence-corrected chi connectivity index (χ3v) is 4.09. The van der Waals surface area contributed by atoms with E-state index in [0.29, 0.717) is 5.82 Å². The van der Waals surface area contributed by atoms with E-state index in [0.717, 1.165) is 37.4 Å². The summed E-state index contributed by atoms with van der Waals surface area (Å²) in [5.74, 6) is 1.59. The van der Waals surface area contributed by atoms with Crippen LogP contribution in [0.25, 0.3) is 0 Å². The summed E-state index contributed by atoms with van der Waals surface area (Å²) in [7, 11) is 0. The van der Waals surface area contributed by atoms with Gasteiger partial charge < -0.3 is 9.47 Å². The van der Waals surface area contributed by atoms with Crippen LogP contribution in [0, 0.1) is 13.8 Å². The average Bonchev–Trinajstić information content (AvgIpc) is 3.09. The molecule has 0 spiro atoms. The fourth-order valence-electron chi connectivity index (χ4n) is 2.91. The Balaban J connectivity index is 1.67. The summed E-state index contributed by atoms with van der Waals surface area (Å²) in [5, 5.41) is 2.90. The Morgan fingerprint density at radius 3 is 3.00 bits per heavy atom. The second kappa shape index (κ2) is 6.17. The van der Waals surface area contributed by atoms with Gasteiger partial charge in [-0.1, -0.05) is 6.07 Å². The van der Waals surface area contributed by atoms with Gasteiger partial charge in [-0.25, -0.2) is 14.8 Å². The van der Waals surface area contributed by atoms with Gasteiger partial charge in [-0.15, -0.1) is 0 Å². The highest BCUT2D eigenvalue weighted by Gasteiger charge is 2.29. The van der Waals surface area contributed by atoms with Crippen LogP contribution in [-0.2, 0) is 6.54 Å². The molecule has 0 aliphatic carbocycles. The quantitative estimate of drug-likeness (QED) is 0.947. The van der Waals surface area contributed by atoms with Crippen LogP contribution in [0.15, 0.2) is 30.6 Å². The molecule has 1 atom stereocenters. The van der Waals surface area contributed by atoms with Crippen molar-refractivity contribution in [2.24, 2.45) is 0 Å². The number of anilines is 1. The topological polar surface area (TPSA) is 63.1 Å². The predicted octanol–water partition coefficient (Wildman–Crippen LogP) is 2.59. The van der Waals surface area contributed by atoms with Gasteiger partial charge >= 0.3 is 6.03 Å². The van der Waals surface area contributed by atoms with E-state index in [2.05, 4.69) is 19.9 Å². The van der Waals surface area contributed by atoms with Gasteiger partial charge in [-0.05, 0) is 38.8 Å². The standard InChI is InChI=1S/C16H21N5O/c1-12-5-3-7-15(18-12)19-16(22)21-9-4-6-14(21)11-20-10-8-17-13(20)2/h3,5,7-8,10,14H,4,6,9,11H2,1-2H3,(H,18,19,22)/t14-/m1/s1. The molecule has 2 amide bonds. The van der Waals surface area contributed by atoms with E-state index >= 15 is 0 Å². The van der Waals surface area contributed by atoms with Gasteiger partial charge in [0.1, 0.15) is 11.6 Å². The molecule has 1 aliphatic rings. The summed E-state index contributed by atoms with van der Waals surface area (Å²) >= 11 is 0. The van der Waals surface area contributed by atoms with Crippen LogP contribution in [0.1, 0.15) is 24.4 Å². The van der Waals surface area contributed by atoms with E-state index in [4.69, 9.17) is 0 Å². The highest BCUT2D eigenvalue weighted by molar-refractivity contribution is 5.88. The van der Waals surface area contributed by atoms with Crippen LogP contribution in [0.5, 0.6) is 0 Å². The number of amides is 2. The molecule has 0 bridgehead atoms. The molecule has 1 N–H and O–H groups in total. The second-order valence-electron chi connectivity index (χ2n) is 5.71. The van der Waals surface area contributed by atoms with Gasteiger partial charge in [-0.2, -0.15) is 0 Å². The summed E-state index contributed by atoms with van der Waals surface area (Å²) in [6, 6.07) is 5.76. The van der Waals surface area contributed by atoms with E-state index in [-0.39, 0.29) is 12.1 Å². The number of carbonyl (C=O) groups is 1. The van der Waals surface area contributed by atoms with Crippen molar-refractivity contribution in [2.75, 3.05) is 11.9 Å². The van der Waals surface area contributed by atoms with Gasteiger partial charge in [0.15, 0.2) is 0 Å². The van der Waals surface area contributed by atoms with Gasteiger partial charge in [0.25, 0.3) is 0 Å². The third-order valence-electron chi connectivity index (χ3n) is 4.09. The number of hydrogen-bond donors (Lipinski definition) is 1. The predicted molar refractivity (Wildman–Crippen MR) is 84.7 cm³/mol. The first kappa shape index (κ1) is 14.6. The van der Waals surface area contributed by atoms with Crippen LogP contribution in [0.2, 0.25) is 0 Å². The number of aryl methyl sites for hydroxylation is 2. The fraction of sp³-hybridized carbons (Fsp3) is 0.438. The molecule has 0 aromatic carbocycles. The molecule has 2 aromatic rings. The lowest BCUT2D eigenvalue weighted by Gasteiger charge is -2.25. The first-order valence-electron chi connectivity index (χ1n) is 7.62. The van der Waals surface area contributed by atoms with Crippen molar-refractivity contribution >= 4 is 11.8 Å². The van der Waals surface area contributed by atoms with Crippen molar-refractivity contribution in [2.45, 2.75) is 39.3 Å². The molecule has 0 radical (unpaired) electrons. The normalized spacial score (nSPS) is 17.7. The smallest absolute Gasteiger partial charge is 0.323 e. The molecule has 3 rings (SSSR count). The Morgan fingerprint density at radius 1 is 1.41 bits per heavy atom. The lowest BCUT2D eigenvalue weighted by Crippen LogP contribution is -2.41. The molecule has 1 aliphatic heterocycles. The SMILES string of the molecule is Cc1cccc(NC(=O)N2CCC[C@@H]2Cn2ccnc2C)n1. The fourth-order valence-corrected chi connectivity index (χ4v) is 2.91. The molecule has 6 nitrogen and oxygen atoms in total.